The minimum atomic E-state index is -0.863. The third-order valence-corrected chi connectivity index (χ3v) is 5.43. The number of carbonyl (C=O) groups is 2. The number of anilines is 1. The summed E-state index contributed by atoms with van der Waals surface area (Å²) in [6.45, 7) is 7.05. The highest BCUT2D eigenvalue weighted by molar-refractivity contribution is 6.05. The molecule has 1 amide bonds. The third kappa shape index (κ3) is 8.18. The largest absolute Gasteiger partial charge is 0.491 e. The van der Waals surface area contributed by atoms with Gasteiger partial charge in [0.25, 0.3) is 5.91 Å². The zero-order valence-corrected chi connectivity index (χ0v) is 20.5. The number of hydrogen-bond acceptors (Lipinski definition) is 4. The summed E-state index contributed by atoms with van der Waals surface area (Å²) >= 11 is 0. The lowest BCUT2D eigenvalue weighted by Crippen LogP contribution is -2.13. The molecule has 0 bridgehead atoms. The number of para-hydroxylation sites is 2. The Morgan fingerprint density at radius 3 is 2.31 bits per heavy atom. The number of nitrogens with one attached hydrogen (secondary N) is 1. The highest BCUT2D eigenvalue weighted by Crippen LogP contribution is 2.26. The van der Waals surface area contributed by atoms with Crippen LogP contribution < -0.4 is 14.8 Å². The van der Waals surface area contributed by atoms with E-state index in [-0.39, 0.29) is 18.9 Å². The molecule has 0 spiro atoms. The Labute approximate surface area is 206 Å². The molecule has 3 rings (SSSR count). The van der Waals surface area contributed by atoms with Gasteiger partial charge in [-0.25, -0.2) is 0 Å². The van der Waals surface area contributed by atoms with Crippen molar-refractivity contribution in [2.75, 3.05) is 11.9 Å². The average molecular weight is 476 g/mol. The molecule has 184 valence electrons. The van der Waals surface area contributed by atoms with Gasteiger partial charge in [0, 0.05) is 12.0 Å². The summed E-state index contributed by atoms with van der Waals surface area (Å²) < 4.78 is 11.7. The third-order valence-electron chi connectivity index (χ3n) is 5.43. The zero-order chi connectivity index (χ0) is 25.2. The molecule has 0 unspecified atom stereocenters. The fourth-order valence-electron chi connectivity index (χ4n) is 3.65. The molecular weight excluding hydrogens is 442 g/mol. The number of aryl methyl sites for hydroxylation is 1. The van der Waals surface area contributed by atoms with Crippen LogP contribution in [0.5, 0.6) is 11.5 Å². The standard InChI is InChI=1S/C29H33NO5/c1-20(2)17-22-10-12-23(13-11-22)19-35-26-15-14-24(18-21(26)3)29(33)30-25-7-4-5-8-27(25)34-16-6-9-28(31)32/h4-5,7-8,10-15,18,20H,6,9,16-17,19H2,1-3H3,(H,30,33)(H,31,32). The minimum Gasteiger partial charge on any atom is -0.491 e. The lowest BCUT2D eigenvalue weighted by Gasteiger charge is -2.14. The monoisotopic (exact) mass is 475 g/mol. The van der Waals surface area contributed by atoms with Crippen molar-refractivity contribution in [3.05, 3.63) is 89.0 Å². The maximum atomic E-state index is 12.9. The molecule has 6 nitrogen and oxygen atoms in total. The molecule has 0 saturated carbocycles. The summed E-state index contributed by atoms with van der Waals surface area (Å²) in [5, 5.41) is 11.6. The summed E-state index contributed by atoms with van der Waals surface area (Å²) in [6.07, 6.45) is 1.48. The number of ether oxygens (including phenoxy) is 2. The topological polar surface area (TPSA) is 84.9 Å². The van der Waals surface area contributed by atoms with Gasteiger partial charge in [0.2, 0.25) is 0 Å². The summed E-state index contributed by atoms with van der Waals surface area (Å²) in [5.41, 5.74) is 4.33. The fourth-order valence-corrected chi connectivity index (χ4v) is 3.65. The van der Waals surface area contributed by atoms with Gasteiger partial charge in [0.05, 0.1) is 12.3 Å². The van der Waals surface area contributed by atoms with E-state index in [9.17, 15) is 9.59 Å². The van der Waals surface area contributed by atoms with E-state index < -0.39 is 5.97 Å². The first kappa shape index (κ1) is 25.8. The van der Waals surface area contributed by atoms with E-state index in [0.29, 0.717) is 35.9 Å². The van der Waals surface area contributed by atoms with Gasteiger partial charge < -0.3 is 19.9 Å². The molecule has 0 aliphatic rings. The van der Waals surface area contributed by atoms with Crippen molar-refractivity contribution in [1.82, 2.24) is 0 Å². The summed E-state index contributed by atoms with van der Waals surface area (Å²) in [6, 6.07) is 20.9. The summed E-state index contributed by atoms with van der Waals surface area (Å²) in [4.78, 5) is 23.5. The van der Waals surface area contributed by atoms with Crippen LogP contribution in [0.3, 0.4) is 0 Å². The predicted molar refractivity (Wildman–Crippen MR) is 137 cm³/mol. The molecule has 3 aromatic carbocycles. The fraction of sp³-hybridized carbons (Fsp3) is 0.310. The van der Waals surface area contributed by atoms with Crippen molar-refractivity contribution in [2.45, 2.75) is 46.6 Å². The molecule has 0 saturated heterocycles. The quantitative estimate of drug-likeness (QED) is 0.302. The van der Waals surface area contributed by atoms with Crippen LogP contribution in [0.15, 0.2) is 66.7 Å². The van der Waals surface area contributed by atoms with E-state index in [1.54, 1.807) is 36.4 Å². The predicted octanol–water partition coefficient (Wildman–Crippen LogP) is 6.27. The van der Waals surface area contributed by atoms with Gasteiger partial charge in [-0.1, -0.05) is 50.2 Å². The van der Waals surface area contributed by atoms with Gasteiger partial charge in [-0.05, 0) is 72.7 Å². The smallest absolute Gasteiger partial charge is 0.303 e. The number of amides is 1. The lowest BCUT2D eigenvalue weighted by molar-refractivity contribution is -0.137. The van der Waals surface area contributed by atoms with Crippen LogP contribution in [0.4, 0.5) is 5.69 Å². The Kier molecular flexibility index (Phi) is 9.30. The minimum absolute atomic E-state index is 0.0334. The number of aliphatic carboxylic acids is 1. The molecule has 0 atom stereocenters. The molecule has 3 aromatic rings. The molecule has 6 heteroatoms. The number of rotatable bonds is 12. The summed E-state index contributed by atoms with van der Waals surface area (Å²) in [7, 11) is 0. The van der Waals surface area contributed by atoms with Crippen LogP contribution in [0, 0.1) is 12.8 Å². The number of benzene rings is 3. The van der Waals surface area contributed by atoms with E-state index in [4.69, 9.17) is 14.6 Å². The number of carbonyl (C=O) groups excluding carboxylic acids is 1. The SMILES string of the molecule is Cc1cc(C(=O)Nc2ccccc2OCCCC(=O)O)ccc1OCc1ccc(CC(C)C)cc1. The van der Waals surface area contributed by atoms with E-state index >= 15 is 0 Å². The maximum absolute atomic E-state index is 12.9. The number of carboxylic acids is 1. The van der Waals surface area contributed by atoms with Crippen LogP contribution in [0.2, 0.25) is 0 Å². The van der Waals surface area contributed by atoms with Crippen molar-refractivity contribution in [1.29, 1.82) is 0 Å². The molecule has 0 radical (unpaired) electrons. The maximum Gasteiger partial charge on any atom is 0.303 e. The number of hydrogen-bond donors (Lipinski definition) is 2. The van der Waals surface area contributed by atoms with Gasteiger partial charge in [0.15, 0.2) is 0 Å². The van der Waals surface area contributed by atoms with Gasteiger partial charge in [-0.3, -0.25) is 9.59 Å². The second-order valence-electron chi connectivity index (χ2n) is 8.98. The van der Waals surface area contributed by atoms with Crippen molar-refractivity contribution < 1.29 is 24.2 Å². The van der Waals surface area contributed by atoms with Crippen LogP contribution in [-0.2, 0) is 17.8 Å². The van der Waals surface area contributed by atoms with Crippen LogP contribution in [0.1, 0.15) is 53.7 Å². The molecule has 0 aliphatic carbocycles. The Morgan fingerprint density at radius 2 is 1.63 bits per heavy atom. The highest BCUT2D eigenvalue weighted by atomic mass is 16.5. The zero-order valence-electron chi connectivity index (χ0n) is 20.5. The lowest BCUT2D eigenvalue weighted by atomic mass is 10.0. The summed E-state index contributed by atoms with van der Waals surface area (Å²) in [5.74, 6) is 0.733. The van der Waals surface area contributed by atoms with E-state index in [1.165, 1.54) is 5.56 Å². The van der Waals surface area contributed by atoms with Gasteiger partial charge >= 0.3 is 5.97 Å². The van der Waals surface area contributed by atoms with Crippen LogP contribution in [0.25, 0.3) is 0 Å². The molecule has 2 N–H and O–H groups in total. The van der Waals surface area contributed by atoms with Crippen LogP contribution >= 0.6 is 0 Å². The van der Waals surface area contributed by atoms with E-state index in [1.807, 2.05) is 13.0 Å². The first-order chi connectivity index (χ1) is 16.8. The van der Waals surface area contributed by atoms with Crippen molar-refractivity contribution in [2.24, 2.45) is 5.92 Å². The Morgan fingerprint density at radius 1 is 0.914 bits per heavy atom. The second kappa shape index (κ2) is 12.6. The van der Waals surface area contributed by atoms with E-state index in [2.05, 4.69) is 43.4 Å². The van der Waals surface area contributed by atoms with Crippen molar-refractivity contribution >= 4 is 17.6 Å². The Hall–Kier alpha value is -3.80. The highest BCUT2D eigenvalue weighted by Gasteiger charge is 2.12. The van der Waals surface area contributed by atoms with Crippen molar-refractivity contribution in [3.8, 4) is 11.5 Å². The Balaban J connectivity index is 1.58. The second-order valence-corrected chi connectivity index (χ2v) is 8.98. The normalized spacial score (nSPS) is 10.7. The first-order valence-electron chi connectivity index (χ1n) is 11.9. The van der Waals surface area contributed by atoms with E-state index in [0.717, 1.165) is 23.3 Å². The molecule has 0 aromatic heterocycles. The van der Waals surface area contributed by atoms with Crippen LogP contribution in [-0.4, -0.2) is 23.6 Å². The Bertz CT molecular complexity index is 1140. The first-order valence-corrected chi connectivity index (χ1v) is 11.9. The molecule has 0 aliphatic heterocycles. The van der Waals surface area contributed by atoms with Gasteiger partial charge in [0.1, 0.15) is 18.1 Å². The van der Waals surface area contributed by atoms with Gasteiger partial charge in [-0.2, -0.15) is 0 Å². The molecule has 0 fully saturated rings. The van der Waals surface area contributed by atoms with Crippen molar-refractivity contribution in [3.63, 3.8) is 0 Å². The molecule has 35 heavy (non-hydrogen) atoms. The number of carboxylic acid groups (broad SMARTS) is 1. The molecule has 0 heterocycles. The average Bonchev–Trinajstić information content (AvgIpc) is 2.82. The van der Waals surface area contributed by atoms with Gasteiger partial charge in [-0.15, -0.1) is 0 Å². The molecular formula is C29H33NO5.